The number of nitro groups is 1. The number of aliphatic hydroxyl groups excluding tert-OH is 1. The van der Waals surface area contributed by atoms with Crippen molar-refractivity contribution in [3.63, 3.8) is 0 Å². The number of methoxy groups -OCH3 is 1. The second-order valence-electron chi connectivity index (χ2n) is 3.52. The number of nitrogens with two attached hydrogens (primary N) is 2. The molecule has 0 amide bonds. The quantitative estimate of drug-likeness (QED) is 0.134. The lowest BCUT2D eigenvalue weighted by Gasteiger charge is -2.17. The fourth-order valence-electron chi connectivity index (χ4n) is 1.22. The third-order valence-corrected chi connectivity index (χ3v) is 2.23. The Morgan fingerprint density at radius 2 is 2.22 bits per heavy atom. The van der Waals surface area contributed by atoms with E-state index < -0.39 is 29.1 Å². The number of ether oxygens (including phenoxy) is 1. The van der Waals surface area contributed by atoms with E-state index in [9.17, 15) is 20.0 Å². The number of nitrogens with zero attached hydrogens (tertiary/aromatic N) is 2. The zero-order valence-corrected chi connectivity index (χ0v) is 9.91. The van der Waals surface area contributed by atoms with Crippen LogP contribution in [0.2, 0.25) is 0 Å². The molecule has 10 nitrogen and oxygen atoms in total. The van der Waals surface area contributed by atoms with Gasteiger partial charge in [-0.25, -0.2) is 14.9 Å². The molecule has 0 spiro atoms. The molecule has 6 N–H and O–H groups in total. The van der Waals surface area contributed by atoms with Crippen LogP contribution in [0, 0.1) is 15.5 Å². The van der Waals surface area contributed by atoms with Crippen molar-refractivity contribution in [2.75, 3.05) is 13.7 Å². The third kappa shape index (κ3) is 4.93. The van der Waals surface area contributed by atoms with Crippen LogP contribution in [0.5, 0.6) is 0 Å². The number of carbonyl (C=O) groups excluding carboxylic acids is 1. The van der Waals surface area contributed by atoms with Crippen molar-refractivity contribution in [2.45, 2.75) is 25.0 Å². The molecule has 0 bridgehead atoms. The summed E-state index contributed by atoms with van der Waals surface area (Å²) in [6, 6.07) is -0.891. The number of carbonyl (C=O) groups is 1. The molecular weight excluding hydrogens is 246 g/mol. The van der Waals surface area contributed by atoms with Crippen LogP contribution < -0.4 is 11.5 Å². The Hall–Kier alpha value is -1.94. The van der Waals surface area contributed by atoms with E-state index in [0.717, 1.165) is 7.11 Å². The Morgan fingerprint density at radius 3 is 2.61 bits per heavy atom. The fraction of sp³-hybridized carbons (Fsp3) is 0.750. The number of esters is 1. The van der Waals surface area contributed by atoms with Crippen LogP contribution in [0.3, 0.4) is 0 Å². The van der Waals surface area contributed by atoms with E-state index in [0.29, 0.717) is 5.01 Å². The summed E-state index contributed by atoms with van der Waals surface area (Å²) in [6.45, 7) is -0.135. The second-order valence-corrected chi connectivity index (χ2v) is 3.52. The van der Waals surface area contributed by atoms with E-state index in [1.165, 1.54) is 0 Å². The molecule has 0 aromatic carbocycles. The standard InChI is InChI=1S/C8H17N5O5/c1-18-7(15)6(14)5(9)3-2-4-12(8(10)11)13(16)17/h5-6,14H,2-4,9H2,1H3,(H3,10,11)/t5-,6?/m0/s1. The van der Waals surface area contributed by atoms with E-state index >= 15 is 0 Å². The highest BCUT2D eigenvalue weighted by Crippen LogP contribution is 2.03. The van der Waals surface area contributed by atoms with Gasteiger partial charge >= 0.3 is 5.97 Å². The summed E-state index contributed by atoms with van der Waals surface area (Å²) in [7, 11) is 1.11. The number of guanidine groups is 1. The van der Waals surface area contributed by atoms with Gasteiger partial charge in [0.1, 0.15) is 0 Å². The molecule has 1 unspecified atom stereocenters. The summed E-state index contributed by atoms with van der Waals surface area (Å²) in [6.07, 6.45) is -1.14. The largest absolute Gasteiger partial charge is 0.467 e. The number of hydrogen-bond donors (Lipinski definition) is 4. The second kappa shape index (κ2) is 7.40. The average molecular weight is 263 g/mol. The average Bonchev–Trinajstić information content (AvgIpc) is 2.31. The molecule has 0 heterocycles. The Balaban J connectivity index is 4.14. The number of nitrogens with one attached hydrogen (secondary N) is 1. The minimum Gasteiger partial charge on any atom is -0.467 e. The van der Waals surface area contributed by atoms with Gasteiger partial charge in [0.15, 0.2) is 11.1 Å². The van der Waals surface area contributed by atoms with Crippen molar-refractivity contribution in [3.8, 4) is 0 Å². The molecule has 0 aliphatic rings. The zero-order valence-electron chi connectivity index (χ0n) is 9.91. The summed E-state index contributed by atoms with van der Waals surface area (Å²) in [5.41, 5.74) is 10.5. The lowest BCUT2D eigenvalue weighted by Crippen LogP contribution is -2.44. The smallest absolute Gasteiger partial charge is 0.336 e. The highest BCUT2D eigenvalue weighted by molar-refractivity contribution is 5.75. The van der Waals surface area contributed by atoms with Crippen molar-refractivity contribution in [1.82, 2.24) is 5.01 Å². The van der Waals surface area contributed by atoms with Crippen LogP contribution in [0.1, 0.15) is 12.8 Å². The molecule has 0 fully saturated rings. The fourth-order valence-corrected chi connectivity index (χ4v) is 1.22. The van der Waals surface area contributed by atoms with Crippen LogP contribution in [-0.4, -0.2) is 52.9 Å². The molecule has 0 aromatic rings. The first kappa shape index (κ1) is 16.1. The van der Waals surface area contributed by atoms with Crippen molar-refractivity contribution in [3.05, 3.63) is 10.1 Å². The minimum atomic E-state index is -1.48. The lowest BCUT2D eigenvalue weighted by atomic mass is 10.1. The van der Waals surface area contributed by atoms with E-state index in [4.69, 9.17) is 16.9 Å². The Labute approximate surface area is 103 Å². The van der Waals surface area contributed by atoms with Crippen molar-refractivity contribution >= 4 is 11.9 Å². The van der Waals surface area contributed by atoms with Crippen molar-refractivity contribution in [1.29, 1.82) is 5.41 Å². The molecule has 104 valence electrons. The molecule has 18 heavy (non-hydrogen) atoms. The number of aliphatic hydroxyl groups is 1. The highest BCUT2D eigenvalue weighted by atomic mass is 16.7. The first-order valence-electron chi connectivity index (χ1n) is 5.08. The van der Waals surface area contributed by atoms with Gasteiger partial charge in [0, 0.05) is 6.04 Å². The van der Waals surface area contributed by atoms with Gasteiger partial charge in [-0.2, -0.15) is 0 Å². The third-order valence-electron chi connectivity index (χ3n) is 2.23. The number of hydrogen-bond acceptors (Lipinski definition) is 7. The number of rotatable bonds is 7. The Bertz CT molecular complexity index is 309. The summed E-state index contributed by atoms with van der Waals surface area (Å²) < 4.78 is 4.30. The Morgan fingerprint density at radius 1 is 1.67 bits per heavy atom. The summed E-state index contributed by atoms with van der Waals surface area (Å²) in [5, 5.41) is 26.4. The van der Waals surface area contributed by atoms with Gasteiger partial charge in [0.05, 0.1) is 13.7 Å². The monoisotopic (exact) mass is 263 g/mol. The molecule has 2 atom stereocenters. The normalized spacial score (nSPS) is 13.5. The van der Waals surface area contributed by atoms with E-state index in [2.05, 4.69) is 4.74 Å². The van der Waals surface area contributed by atoms with Gasteiger partial charge in [0.25, 0.3) is 5.96 Å². The molecule has 0 radical (unpaired) electrons. The molecule has 0 rings (SSSR count). The molecule has 10 heteroatoms. The van der Waals surface area contributed by atoms with Gasteiger partial charge in [-0.1, -0.05) is 5.01 Å². The van der Waals surface area contributed by atoms with E-state index in [-0.39, 0.29) is 19.4 Å². The summed E-state index contributed by atoms with van der Waals surface area (Å²) in [5.74, 6) is -1.55. The first-order chi connectivity index (χ1) is 8.31. The van der Waals surface area contributed by atoms with E-state index in [1.54, 1.807) is 0 Å². The maximum absolute atomic E-state index is 10.9. The minimum absolute atomic E-state index is 0.135. The predicted molar refractivity (Wildman–Crippen MR) is 60.8 cm³/mol. The van der Waals surface area contributed by atoms with E-state index in [1.807, 2.05) is 0 Å². The van der Waals surface area contributed by atoms with Gasteiger partial charge in [0.2, 0.25) is 0 Å². The first-order valence-corrected chi connectivity index (χ1v) is 5.08. The van der Waals surface area contributed by atoms with Gasteiger partial charge < -0.3 is 21.3 Å². The summed E-state index contributed by atoms with van der Waals surface area (Å²) >= 11 is 0. The van der Waals surface area contributed by atoms with Crippen molar-refractivity contribution < 1.29 is 19.7 Å². The van der Waals surface area contributed by atoms with Gasteiger partial charge in [-0.15, -0.1) is 0 Å². The van der Waals surface area contributed by atoms with Crippen LogP contribution in [0.15, 0.2) is 0 Å². The molecule has 0 aliphatic heterocycles. The molecule has 0 aromatic heterocycles. The maximum atomic E-state index is 10.9. The molecule has 0 aliphatic carbocycles. The summed E-state index contributed by atoms with van der Waals surface area (Å²) in [4.78, 5) is 21.4. The van der Waals surface area contributed by atoms with Gasteiger partial charge in [-0.3, -0.25) is 5.41 Å². The molecule has 0 saturated carbocycles. The maximum Gasteiger partial charge on any atom is 0.336 e. The van der Waals surface area contributed by atoms with Crippen LogP contribution in [-0.2, 0) is 9.53 Å². The number of hydrazine groups is 1. The van der Waals surface area contributed by atoms with Crippen LogP contribution >= 0.6 is 0 Å². The Kier molecular flexibility index (Phi) is 6.60. The van der Waals surface area contributed by atoms with Crippen LogP contribution in [0.25, 0.3) is 0 Å². The van der Waals surface area contributed by atoms with Crippen molar-refractivity contribution in [2.24, 2.45) is 11.5 Å². The van der Waals surface area contributed by atoms with Gasteiger partial charge in [-0.05, 0) is 12.8 Å². The van der Waals surface area contributed by atoms with Crippen LogP contribution in [0.4, 0.5) is 0 Å². The topological polar surface area (TPSA) is 169 Å². The SMILES string of the molecule is COC(=O)C(O)[C@@H](N)CCCN(C(=N)N)[N+](=O)[O-]. The molecule has 0 saturated heterocycles. The molecular formula is C8H17N5O5. The predicted octanol–water partition coefficient (Wildman–Crippen LogP) is -1.99. The highest BCUT2D eigenvalue weighted by Gasteiger charge is 2.24. The zero-order chi connectivity index (χ0) is 14.3. The lowest BCUT2D eigenvalue weighted by molar-refractivity contribution is -0.629.